The molecule has 0 radical (unpaired) electrons. The highest BCUT2D eigenvalue weighted by Gasteiger charge is 2.12. The van der Waals surface area contributed by atoms with Gasteiger partial charge in [-0.1, -0.05) is 24.3 Å². The molecule has 136 valence electrons. The van der Waals surface area contributed by atoms with Crippen LogP contribution in [-0.2, 0) is 4.79 Å². The van der Waals surface area contributed by atoms with Gasteiger partial charge >= 0.3 is 0 Å². The number of halogens is 1. The van der Waals surface area contributed by atoms with Crippen molar-refractivity contribution in [3.05, 3.63) is 65.0 Å². The van der Waals surface area contributed by atoms with Crippen LogP contribution in [0.2, 0.25) is 0 Å². The van der Waals surface area contributed by atoms with Gasteiger partial charge in [0.25, 0.3) is 11.8 Å². The molecule has 2 rings (SSSR count). The van der Waals surface area contributed by atoms with Gasteiger partial charge < -0.3 is 4.74 Å². The van der Waals surface area contributed by atoms with Crippen LogP contribution in [0.4, 0.5) is 4.39 Å². The van der Waals surface area contributed by atoms with Crippen molar-refractivity contribution in [1.29, 1.82) is 0 Å². The van der Waals surface area contributed by atoms with Gasteiger partial charge in [-0.15, -0.1) is 0 Å². The lowest BCUT2D eigenvalue weighted by Crippen LogP contribution is -2.49. The molecule has 0 aliphatic rings. The molecule has 2 aromatic carbocycles. The van der Waals surface area contributed by atoms with Crippen molar-refractivity contribution in [3.63, 3.8) is 0 Å². The third-order valence-corrected chi connectivity index (χ3v) is 3.78. The Balaban J connectivity index is 1.78. The Morgan fingerprint density at radius 1 is 1.08 bits per heavy atom. The maximum Gasteiger partial charge on any atom is 0.276 e. The van der Waals surface area contributed by atoms with Crippen LogP contribution in [-0.4, -0.2) is 23.5 Å². The highest BCUT2D eigenvalue weighted by molar-refractivity contribution is 7.80. The minimum absolute atomic E-state index is 0.152. The second kappa shape index (κ2) is 8.91. The normalized spacial score (nSPS) is 9.96. The van der Waals surface area contributed by atoms with Crippen molar-refractivity contribution < 1.29 is 18.7 Å². The van der Waals surface area contributed by atoms with Gasteiger partial charge in [-0.3, -0.25) is 25.8 Å². The smallest absolute Gasteiger partial charge is 0.276 e. The largest absolute Gasteiger partial charge is 0.483 e. The maximum absolute atomic E-state index is 13.5. The SMILES string of the molecule is Cc1cccc(OCC(=O)NNC(=S)NC(=O)c2ccccc2F)c1C. The standard InChI is InChI=1S/C18H18FN3O3S/c1-11-6-5-9-15(12(11)2)25-10-16(23)21-22-18(26)20-17(24)13-7-3-4-8-14(13)19/h3-9H,10H2,1-2H3,(H,21,23)(H2,20,22,24,26). The molecule has 26 heavy (non-hydrogen) atoms. The third kappa shape index (κ3) is 5.25. The molecular weight excluding hydrogens is 357 g/mol. The predicted octanol–water partition coefficient (Wildman–Crippen LogP) is 2.16. The van der Waals surface area contributed by atoms with Crippen molar-refractivity contribution in [3.8, 4) is 5.75 Å². The molecule has 3 N–H and O–H groups in total. The average Bonchev–Trinajstić information content (AvgIpc) is 2.61. The average molecular weight is 375 g/mol. The second-order valence-corrected chi connectivity index (χ2v) is 5.83. The Bertz CT molecular complexity index is 842. The van der Waals surface area contributed by atoms with Gasteiger partial charge in [0.05, 0.1) is 5.56 Å². The summed E-state index contributed by atoms with van der Waals surface area (Å²) in [7, 11) is 0. The molecule has 0 aromatic heterocycles. The predicted molar refractivity (Wildman–Crippen MR) is 99.2 cm³/mol. The van der Waals surface area contributed by atoms with Gasteiger partial charge in [0.15, 0.2) is 11.7 Å². The van der Waals surface area contributed by atoms with Crippen molar-refractivity contribution in [2.24, 2.45) is 0 Å². The lowest BCUT2D eigenvalue weighted by molar-refractivity contribution is -0.123. The molecule has 0 fully saturated rings. The summed E-state index contributed by atoms with van der Waals surface area (Å²) in [5.41, 5.74) is 6.50. The summed E-state index contributed by atoms with van der Waals surface area (Å²) in [6, 6.07) is 11.0. The summed E-state index contributed by atoms with van der Waals surface area (Å²) >= 11 is 4.89. The highest BCUT2D eigenvalue weighted by atomic mass is 32.1. The number of hydrogen-bond donors (Lipinski definition) is 3. The number of carbonyl (C=O) groups is 2. The van der Waals surface area contributed by atoms with Crippen molar-refractivity contribution in [2.75, 3.05) is 6.61 Å². The van der Waals surface area contributed by atoms with E-state index in [1.54, 1.807) is 6.07 Å². The molecule has 2 amide bonds. The molecule has 0 aliphatic carbocycles. The molecular formula is C18H18FN3O3S. The number of ether oxygens (including phenoxy) is 1. The summed E-state index contributed by atoms with van der Waals surface area (Å²) in [5.74, 6) is -1.27. The van der Waals surface area contributed by atoms with E-state index in [9.17, 15) is 14.0 Å². The molecule has 0 unspecified atom stereocenters. The Kier molecular flexibility index (Phi) is 6.62. The van der Waals surface area contributed by atoms with E-state index < -0.39 is 17.6 Å². The Hall–Kier alpha value is -3.00. The summed E-state index contributed by atoms with van der Waals surface area (Å²) in [4.78, 5) is 23.7. The number of benzene rings is 2. The number of hydrazine groups is 1. The second-order valence-electron chi connectivity index (χ2n) is 5.42. The van der Waals surface area contributed by atoms with Gasteiger partial charge in [0.1, 0.15) is 11.6 Å². The number of hydrogen-bond acceptors (Lipinski definition) is 4. The van der Waals surface area contributed by atoms with Crippen molar-refractivity contribution in [2.45, 2.75) is 13.8 Å². The lowest BCUT2D eigenvalue weighted by atomic mass is 10.1. The van der Waals surface area contributed by atoms with E-state index >= 15 is 0 Å². The van der Waals surface area contributed by atoms with E-state index in [0.29, 0.717) is 5.75 Å². The minimum atomic E-state index is -0.721. The fraction of sp³-hybridized carbons (Fsp3) is 0.167. The van der Waals surface area contributed by atoms with Gasteiger partial charge in [0.2, 0.25) is 0 Å². The van der Waals surface area contributed by atoms with Crippen LogP contribution >= 0.6 is 12.2 Å². The molecule has 0 heterocycles. The highest BCUT2D eigenvalue weighted by Crippen LogP contribution is 2.20. The first-order valence-electron chi connectivity index (χ1n) is 7.72. The maximum atomic E-state index is 13.5. The van der Waals surface area contributed by atoms with E-state index in [1.165, 1.54) is 18.2 Å². The summed E-state index contributed by atoms with van der Waals surface area (Å²) in [6.07, 6.45) is 0. The molecule has 6 nitrogen and oxygen atoms in total. The number of aryl methyl sites for hydroxylation is 1. The third-order valence-electron chi connectivity index (χ3n) is 3.57. The zero-order valence-corrected chi connectivity index (χ0v) is 15.1. The fourth-order valence-electron chi connectivity index (χ4n) is 2.03. The Labute approximate surface area is 155 Å². The van der Waals surface area contributed by atoms with Crippen LogP contribution in [0, 0.1) is 19.7 Å². The van der Waals surface area contributed by atoms with Crippen molar-refractivity contribution in [1.82, 2.24) is 16.2 Å². The van der Waals surface area contributed by atoms with E-state index in [2.05, 4.69) is 16.2 Å². The molecule has 0 saturated carbocycles. The first kappa shape index (κ1) is 19.3. The number of rotatable bonds is 4. The van der Waals surface area contributed by atoms with Crippen LogP contribution in [0.15, 0.2) is 42.5 Å². The molecule has 0 spiro atoms. The molecule has 8 heteroatoms. The first-order chi connectivity index (χ1) is 12.4. The lowest BCUT2D eigenvalue weighted by Gasteiger charge is -2.13. The van der Waals surface area contributed by atoms with Crippen molar-refractivity contribution >= 4 is 29.1 Å². The summed E-state index contributed by atoms with van der Waals surface area (Å²) in [6.45, 7) is 3.61. The molecule has 0 saturated heterocycles. The van der Waals surface area contributed by atoms with Crippen LogP contribution in [0.5, 0.6) is 5.75 Å². The number of carbonyl (C=O) groups excluding carboxylic acids is 2. The first-order valence-corrected chi connectivity index (χ1v) is 8.13. The van der Waals surface area contributed by atoms with Gasteiger partial charge in [0, 0.05) is 0 Å². The van der Waals surface area contributed by atoms with Crippen LogP contribution < -0.4 is 20.9 Å². The van der Waals surface area contributed by atoms with Crippen LogP contribution in [0.1, 0.15) is 21.5 Å². The van der Waals surface area contributed by atoms with E-state index in [0.717, 1.165) is 17.2 Å². The van der Waals surface area contributed by atoms with E-state index in [4.69, 9.17) is 17.0 Å². The summed E-state index contributed by atoms with van der Waals surface area (Å²) < 4.78 is 19.0. The Morgan fingerprint density at radius 3 is 2.54 bits per heavy atom. The zero-order valence-electron chi connectivity index (χ0n) is 14.3. The summed E-state index contributed by atoms with van der Waals surface area (Å²) in [5, 5.41) is 2.10. The van der Waals surface area contributed by atoms with Crippen LogP contribution in [0.3, 0.4) is 0 Å². The molecule has 2 aromatic rings. The monoisotopic (exact) mass is 375 g/mol. The minimum Gasteiger partial charge on any atom is -0.483 e. The van der Waals surface area contributed by atoms with Crippen LogP contribution in [0.25, 0.3) is 0 Å². The van der Waals surface area contributed by atoms with E-state index in [1.807, 2.05) is 26.0 Å². The number of thiocarbonyl (C=S) groups is 1. The number of nitrogens with one attached hydrogen (secondary N) is 3. The molecule has 0 bridgehead atoms. The van der Waals surface area contributed by atoms with Gasteiger partial charge in [-0.05, 0) is 55.4 Å². The topological polar surface area (TPSA) is 79.5 Å². The molecule has 0 atom stereocenters. The number of amides is 2. The van der Waals surface area contributed by atoms with E-state index in [-0.39, 0.29) is 17.3 Å². The van der Waals surface area contributed by atoms with Gasteiger partial charge in [-0.2, -0.15) is 0 Å². The zero-order chi connectivity index (χ0) is 19.1. The quantitative estimate of drug-likeness (QED) is 0.564. The molecule has 0 aliphatic heterocycles. The fourth-order valence-corrected chi connectivity index (χ4v) is 2.18. The Morgan fingerprint density at radius 2 is 1.81 bits per heavy atom. The van der Waals surface area contributed by atoms with Gasteiger partial charge in [-0.25, -0.2) is 4.39 Å².